The van der Waals surface area contributed by atoms with Crippen LogP contribution in [0.15, 0.2) is 24.5 Å². The van der Waals surface area contributed by atoms with E-state index in [1.54, 1.807) is 19.3 Å². The number of piperidine rings is 1. The summed E-state index contributed by atoms with van der Waals surface area (Å²) in [5.74, 6) is -0.868. The van der Waals surface area contributed by atoms with E-state index in [0.29, 0.717) is 32.6 Å². The summed E-state index contributed by atoms with van der Waals surface area (Å²) in [5, 5.41) is 13.5. The van der Waals surface area contributed by atoms with Crippen LogP contribution in [0.2, 0.25) is 0 Å². The van der Waals surface area contributed by atoms with Gasteiger partial charge in [-0.05, 0) is 50.4 Å². The first kappa shape index (κ1) is 19.8. The molecule has 0 aliphatic carbocycles. The predicted molar refractivity (Wildman–Crippen MR) is 104 cm³/mol. The Morgan fingerprint density at radius 3 is 2.37 bits per heavy atom. The number of rotatable bonds is 7. The van der Waals surface area contributed by atoms with Gasteiger partial charge in [0.05, 0.1) is 0 Å². The second-order valence-electron chi connectivity index (χ2n) is 7.52. The number of carboxylic acid groups (broad SMARTS) is 1. The van der Waals surface area contributed by atoms with E-state index in [-0.39, 0.29) is 18.1 Å². The molecule has 7 nitrogen and oxygen atoms in total. The van der Waals surface area contributed by atoms with Gasteiger partial charge < -0.3 is 15.3 Å². The highest BCUT2D eigenvalue weighted by Crippen LogP contribution is 2.33. The number of nitrogens with one attached hydrogen (secondary N) is 1. The highest BCUT2D eigenvalue weighted by Gasteiger charge is 2.51. The number of ketones is 1. The lowest BCUT2D eigenvalue weighted by atomic mass is 9.77. The van der Waals surface area contributed by atoms with Gasteiger partial charge in [0.2, 0.25) is 0 Å². The van der Waals surface area contributed by atoms with Crippen LogP contribution in [0.3, 0.4) is 0 Å². The molecule has 1 atom stereocenters. The molecule has 7 heteroatoms. The fraction of sp³-hybridized carbons (Fsp3) is 0.650. The molecule has 0 saturated carbocycles. The second kappa shape index (κ2) is 8.80. The quantitative estimate of drug-likeness (QED) is 0.698. The summed E-state index contributed by atoms with van der Waals surface area (Å²) in [7, 11) is 0. The van der Waals surface area contributed by atoms with Gasteiger partial charge in [0.15, 0.2) is 11.3 Å². The van der Waals surface area contributed by atoms with E-state index in [1.165, 1.54) is 0 Å². The van der Waals surface area contributed by atoms with Crippen molar-refractivity contribution in [3.63, 3.8) is 0 Å². The number of carboxylic acids is 1. The Hall–Kier alpha value is -1.99. The Kier molecular flexibility index (Phi) is 6.44. The predicted octanol–water partition coefficient (Wildman–Crippen LogP) is 1.40. The summed E-state index contributed by atoms with van der Waals surface area (Å²) in [4.78, 5) is 33.6. The van der Waals surface area contributed by atoms with Crippen molar-refractivity contribution < 1.29 is 14.7 Å². The van der Waals surface area contributed by atoms with Gasteiger partial charge in [0.25, 0.3) is 0 Å². The van der Waals surface area contributed by atoms with Crippen LogP contribution in [-0.2, 0) is 9.59 Å². The molecule has 148 valence electrons. The standard InChI is InChI=1S/C20H30N4O3/c1-2-18(25)20(19(26)27,15-16-3-7-21-8-4-16)24-13-11-23(12-14-24)17-5-9-22-10-6-17/h5-6,9-10,16,21H,2-4,7-8,11-15H2,1H3,(H,26,27). The second-order valence-corrected chi connectivity index (χ2v) is 7.52. The van der Waals surface area contributed by atoms with Crippen molar-refractivity contribution >= 4 is 17.4 Å². The van der Waals surface area contributed by atoms with Crippen molar-refractivity contribution in [2.24, 2.45) is 5.92 Å². The van der Waals surface area contributed by atoms with E-state index in [9.17, 15) is 14.7 Å². The highest BCUT2D eigenvalue weighted by molar-refractivity contribution is 6.07. The van der Waals surface area contributed by atoms with Crippen molar-refractivity contribution in [2.75, 3.05) is 44.2 Å². The minimum atomic E-state index is -1.39. The molecule has 0 radical (unpaired) electrons. The molecule has 2 N–H and O–H groups in total. The molecular formula is C20H30N4O3. The molecule has 2 saturated heterocycles. The summed E-state index contributed by atoms with van der Waals surface area (Å²) < 4.78 is 0. The number of Topliss-reactive ketones (excluding diaryl/α,β-unsaturated/α-hetero) is 1. The molecule has 1 aromatic rings. The van der Waals surface area contributed by atoms with Crippen LogP contribution in [-0.4, -0.2) is 71.6 Å². The molecule has 0 spiro atoms. The Labute approximate surface area is 160 Å². The summed E-state index contributed by atoms with van der Waals surface area (Å²) in [6.07, 6.45) is 6.07. The van der Waals surface area contributed by atoms with Crippen molar-refractivity contribution in [1.82, 2.24) is 15.2 Å². The van der Waals surface area contributed by atoms with E-state index in [2.05, 4.69) is 15.2 Å². The number of pyridine rings is 1. The lowest BCUT2D eigenvalue weighted by Gasteiger charge is -2.46. The summed E-state index contributed by atoms with van der Waals surface area (Å²) in [5.41, 5.74) is -0.299. The number of nitrogens with zero attached hydrogens (tertiary/aromatic N) is 3. The number of carbonyl (C=O) groups excluding carboxylic acids is 1. The van der Waals surface area contributed by atoms with Gasteiger partial charge in [-0.2, -0.15) is 0 Å². The molecule has 0 bridgehead atoms. The minimum absolute atomic E-state index is 0.161. The molecule has 2 fully saturated rings. The zero-order valence-corrected chi connectivity index (χ0v) is 16.1. The maximum Gasteiger partial charge on any atom is 0.331 e. The van der Waals surface area contributed by atoms with E-state index in [4.69, 9.17) is 0 Å². The van der Waals surface area contributed by atoms with Crippen LogP contribution >= 0.6 is 0 Å². The number of hydrogen-bond donors (Lipinski definition) is 2. The van der Waals surface area contributed by atoms with Gasteiger partial charge in [0.1, 0.15) is 0 Å². The average molecular weight is 374 g/mol. The first-order chi connectivity index (χ1) is 13.1. The van der Waals surface area contributed by atoms with Crippen LogP contribution in [0.4, 0.5) is 5.69 Å². The first-order valence-electron chi connectivity index (χ1n) is 9.95. The van der Waals surface area contributed by atoms with Gasteiger partial charge in [-0.3, -0.25) is 14.7 Å². The maximum absolute atomic E-state index is 12.9. The summed E-state index contributed by atoms with van der Waals surface area (Å²) in [6.45, 7) is 6.14. The number of hydrogen-bond acceptors (Lipinski definition) is 6. The fourth-order valence-electron chi connectivity index (χ4n) is 4.46. The Bertz CT molecular complexity index is 640. The van der Waals surface area contributed by atoms with Gasteiger partial charge in [-0.25, -0.2) is 4.79 Å². The van der Waals surface area contributed by atoms with Gasteiger partial charge in [-0.15, -0.1) is 0 Å². The third kappa shape index (κ3) is 4.14. The molecule has 27 heavy (non-hydrogen) atoms. The van der Waals surface area contributed by atoms with Gasteiger partial charge in [0, 0.05) is 50.7 Å². The van der Waals surface area contributed by atoms with Crippen LogP contribution in [0.1, 0.15) is 32.6 Å². The van der Waals surface area contributed by atoms with Crippen molar-refractivity contribution in [2.45, 2.75) is 38.1 Å². The van der Waals surface area contributed by atoms with E-state index in [0.717, 1.165) is 31.6 Å². The number of aromatic nitrogens is 1. The van der Waals surface area contributed by atoms with Crippen molar-refractivity contribution in [3.8, 4) is 0 Å². The van der Waals surface area contributed by atoms with Crippen LogP contribution < -0.4 is 10.2 Å². The van der Waals surface area contributed by atoms with Crippen LogP contribution in [0.25, 0.3) is 0 Å². The van der Waals surface area contributed by atoms with E-state index >= 15 is 0 Å². The zero-order chi connectivity index (χ0) is 19.3. The average Bonchev–Trinajstić information content (AvgIpc) is 2.73. The Morgan fingerprint density at radius 2 is 1.81 bits per heavy atom. The van der Waals surface area contributed by atoms with Crippen LogP contribution in [0.5, 0.6) is 0 Å². The number of anilines is 1. The Morgan fingerprint density at radius 1 is 1.19 bits per heavy atom. The normalized spacial score (nSPS) is 21.6. The SMILES string of the molecule is CCC(=O)C(CC1CCNCC1)(C(=O)O)N1CCN(c2ccncc2)CC1. The molecular weight excluding hydrogens is 344 g/mol. The number of carbonyl (C=O) groups is 2. The molecule has 1 unspecified atom stereocenters. The fourth-order valence-corrected chi connectivity index (χ4v) is 4.46. The molecule has 1 aromatic heterocycles. The van der Waals surface area contributed by atoms with E-state index in [1.807, 2.05) is 17.0 Å². The minimum Gasteiger partial charge on any atom is -0.480 e. The molecule has 0 aromatic carbocycles. The third-order valence-electron chi connectivity index (χ3n) is 6.03. The molecule has 2 aliphatic rings. The third-order valence-corrected chi connectivity index (χ3v) is 6.03. The molecule has 2 aliphatic heterocycles. The number of piperazine rings is 1. The first-order valence-corrected chi connectivity index (χ1v) is 9.95. The lowest BCUT2D eigenvalue weighted by molar-refractivity contribution is -0.160. The van der Waals surface area contributed by atoms with Gasteiger partial charge >= 0.3 is 5.97 Å². The molecule has 3 rings (SSSR count). The zero-order valence-electron chi connectivity index (χ0n) is 16.1. The van der Waals surface area contributed by atoms with Crippen molar-refractivity contribution in [1.29, 1.82) is 0 Å². The summed E-state index contributed by atoms with van der Waals surface area (Å²) in [6, 6.07) is 3.93. The highest BCUT2D eigenvalue weighted by atomic mass is 16.4. The lowest BCUT2D eigenvalue weighted by Crippen LogP contribution is -2.65. The number of aliphatic carboxylic acids is 1. The molecule has 3 heterocycles. The van der Waals surface area contributed by atoms with Crippen molar-refractivity contribution in [3.05, 3.63) is 24.5 Å². The Balaban J connectivity index is 1.78. The van der Waals surface area contributed by atoms with Gasteiger partial charge in [-0.1, -0.05) is 6.92 Å². The topological polar surface area (TPSA) is 85.8 Å². The molecule has 0 amide bonds. The monoisotopic (exact) mass is 374 g/mol. The summed E-state index contributed by atoms with van der Waals surface area (Å²) >= 11 is 0. The van der Waals surface area contributed by atoms with E-state index < -0.39 is 11.5 Å². The maximum atomic E-state index is 12.9. The smallest absolute Gasteiger partial charge is 0.331 e. The largest absolute Gasteiger partial charge is 0.480 e. The van der Waals surface area contributed by atoms with Crippen LogP contribution in [0, 0.1) is 5.92 Å².